The number of amidine groups is 1. The summed E-state index contributed by atoms with van der Waals surface area (Å²) in [4.78, 5) is 4.56. The minimum Gasteiger partial charge on any atom is -0.380 e. The van der Waals surface area contributed by atoms with Crippen LogP contribution in [0.3, 0.4) is 0 Å². The Labute approximate surface area is 110 Å². The lowest BCUT2D eigenvalue weighted by Gasteiger charge is -2.25. The average Bonchev–Trinajstić information content (AvgIpc) is 2.78. The molecule has 0 aromatic rings. The van der Waals surface area contributed by atoms with Crippen LogP contribution in [-0.4, -0.2) is 36.2 Å². The van der Waals surface area contributed by atoms with Crippen LogP contribution >= 0.6 is 11.8 Å². The number of hydrogen-bond donors (Lipinski definition) is 1. The molecule has 0 saturated carbocycles. The second kappa shape index (κ2) is 7.98. The second-order valence-electron chi connectivity index (χ2n) is 4.55. The van der Waals surface area contributed by atoms with Gasteiger partial charge in [-0.2, -0.15) is 0 Å². The monoisotopic (exact) mass is 258 g/mol. The van der Waals surface area contributed by atoms with Crippen LogP contribution in [0.4, 0.5) is 0 Å². The van der Waals surface area contributed by atoms with E-state index in [0.29, 0.717) is 0 Å². The number of thioether (sulfide) groups is 1. The lowest BCUT2D eigenvalue weighted by Crippen LogP contribution is -2.42. The molecular formula is C13H26N2OS. The van der Waals surface area contributed by atoms with Crippen molar-refractivity contribution in [2.45, 2.75) is 52.0 Å². The highest BCUT2D eigenvalue weighted by Gasteiger charge is 2.33. The molecule has 1 aliphatic rings. The fourth-order valence-electron chi connectivity index (χ4n) is 1.78. The van der Waals surface area contributed by atoms with E-state index >= 15 is 0 Å². The first kappa shape index (κ1) is 14.8. The number of hydrogen-bond acceptors (Lipinski definition) is 3. The van der Waals surface area contributed by atoms with E-state index in [4.69, 9.17) is 4.74 Å². The Morgan fingerprint density at radius 3 is 2.65 bits per heavy atom. The molecule has 1 fully saturated rings. The summed E-state index contributed by atoms with van der Waals surface area (Å²) in [5.74, 6) is 1.15. The lowest BCUT2D eigenvalue weighted by molar-refractivity contribution is 0.139. The van der Waals surface area contributed by atoms with E-state index in [1.54, 1.807) is 0 Å². The van der Waals surface area contributed by atoms with Gasteiger partial charge in [-0.3, -0.25) is 4.99 Å². The minimum absolute atomic E-state index is 0.284. The van der Waals surface area contributed by atoms with E-state index in [-0.39, 0.29) is 5.54 Å². The van der Waals surface area contributed by atoms with Gasteiger partial charge in [0, 0.05) is 17.9 Å². The van der Waals surface area contributed by atoms with Gasteiger partial charge in [0.25, 0.3) is 0 Å². The Hall–Kier alpha value is -0.220. The molecule has 17 heavy (non-hydrogen) atoms. The normalized spacial score (nSPS) is 20.8. The molecule has 0 spiro atoms. The van der Waals surface area contributed by atoms with Gasteiger partial charge in [-0.15, -0.1) is 0 Å². The highest BCUT2D eigenvalue weighted by Crippen LogP contribution is 2.28. The molecule has 0 aliphatic carbocycles. The van der Waals surface area contributed by atoms with Crippen molar-refractivity contribution < 1.29 is 4.74 Å². The van der Waals surface area contributed by atoms with Crippen LogP contribution in [0.15, 0.2) is 4.99 Å². The Bertz CT molecular complexity index is 240. The molecule has 0 amide bonds. The first-order chi connectivity index (χ1) is 8.26. The third-order valence-corrected chi connectivity index (χ3v) is 4.55. The summed E-state index contributed by atoms with van der Waals surface area (Å²) in [5, 5.41) is 4.67. The van der Waals surface area contributed by atoms with Crippen molar-refractivity contribution >= 4 is 16.9 Å². The fourth-order valence-corrected chi connectivity index (χ4v) is 3.15. The lowest BCUT2D eigenvalue weighted by atomic mass is 9.96. The maximum Gasteiger partial charge on any atom is 0.157 e. The van der Waals surface area contributed by atoms with E-state index in [0.717, 1.165) is 37.1 Å². The zero-order valence-electron chi connectivity index (χ0n) is 11.4. The van der Waals surface area contributed by atoms with Crippen LogP contribution in [0.5, 0.6) is 0 Å². The fraction of sp³-hybridized carbons (Fsp3) is 0.923. The molecule has 0 aromatic heterocycles. The molecule has 100 valence electrons. The predicted octanol–water partition coefficient (Wildman–Crippen LogP) is 3.05. The third kappa shape index (κ3) is 4.88. The molecule has 3 nitrogen and oxygen atoms in total. The number of ether oxygens (including phenoxy) is 1. The average molecular weight is 258 g/mol. The summed E-state index contributed by atoms with van der Waals surface area (Å²) in [6.45, 7) is 9.06. The molecule has 0 radical (unpaired) electrons. The number of rotatable bonds is 8. The van der Waals surface area contributed by atoms with Gasteiger partial charge in [0.1, 0.15) is 0 Å². The van der Waals surface area contributed by atoms with Crippen LogP contribution in [0, 0.1) is 0 Å². The van der Waals surface area contributed by atoms with Crippen LogP contribution in [0.1, 0.15) is 46.5 Å². The van der Waals surface area contributed by atoms with Crippen molar-refractivity contribution in [1.82, 2.24) is 5.32 Å². The van der Waals surface area contributed by atoms with Crippen molar-refractivity contribution in [1.29, 1.82) is 0 Å². The zero-order valence-corrected chi connectivity index (χ0v) is 12.2. The van der Waals surface area contributed by atoms with Crippen molar-refractivity contribution in [2.24, 2.45) is 4.99 Å². The summed E-state index contributed by atoms with van der Waals surface area (Å²) in [6, 6.07) is 0. The quantitative estimate of drug-likeness (QED) is 0.679. The van der Waals surface area contributed by atoms with Gasteiger partial charge in [-0.1, -0.05) is 39.0 Å². The number of nitrogens with zero attached hydrogens (tertiary/aromatic N) is 1. The van der Waals surface area contributed by atoms with Gasteiger partial charge in [0.2, 0.25) is 0 Å². The summed E-state index contributed by atoms with van der Waals surface area (Å²) < 4.78 is 5.49. The van der Waals surface area contributed by atoms with E-state index < -0.39 is 0 Å². The molecule has 0 aromatic carbocycles. The summed E-state index contributed by atoms with van der Waals surface area (Å²) in [6.07, 6.45) is 4.69. The SMILES string of the molecule is CCCCOCCN=C1NC(CC)(CC)CS1. The Kier molecular flexibility index (Phi) is 6.97. The van der Waals surface area contributed by atoms with Crippen LogP contribution in [-0.2, 0) is 4.74 Å². The van der Waals surface area contributed by atoms with Gasteiger partial charge >= 0.3 is 0 Å². The highest BCUT2D eigenvalue weighted by molar-refractivity contribution is 8.14. The molecule has 0 unspecified atom stereocenters. The molecular weight excluding hydrogens is 232 g/mol. The van der Waals surface area contributed by atoms with Crippen LogP contribution in [0.25, 0.3) is 0 Å². The van der Waals surface area contributed by atoms with Gasteiger partial charge < -0.3 is 10.1 Å². The maximum absolute atomic E-state index is 5.49. The summed E-state index contributed by atoms with van der Waals surface area (Å²) >= 11 is 1.85. The molecule has 1 N–H and O–H groups in total. The molecule has 1 heterocycles. The van der Waals surface area contributed by atoms with Crippen LogP contribution < -0.4 is 5.32 Å². The van der Waals surface area contributed by atoms with E-state index in [2.05, 4.69) is 31.1 Å². The predicted molar refractivity (Wildman–Crippen MR) is 76.9 cm³/mol. The molecule has 1 rings (SSSR count). The third-order valence-electron chi connectivity index (χ3n) is 3.34. The Balaban J connectivity index is 2.19. The molecule has 0 bridgehead atoms. The van der Waals surface area contributed by atoms with E-state index in [9.17, 15) is 0 Å². The Morgan fingerprint density at radius 2 is 2.06 bits per heavy atom. The Morgan fingerprint density at radius 1 is 1.29 bits per heavy atom. The first-order valence-electron chi connectivity index (χ1n) is 6.79. The van der Waals surface area contributed by atoms with E-state index in [1.165, 1.54) is 19.3 Å². The van der Waals surface area contributed by atoms with Gasteiger partial charge in [0.15, 0.2) is 5.17 Å². The maximum atomic E-state index is 5.49. The largest absolute Gasteiger partial charge is 0.380 e. The van der Waals surface area contributed by atoms with Crippen molar-refractivity contribution in [3.8, 4) is 0 Å². The van der Waals surface area contributed by atoms with Crippen molar-refractivity contribution in [3.05, 3.63) is 0 Å². The number of aliphatic imine (C=N–C) groups is 1. The summed E-state index contributed by atoms with van der Waals surface area (Å²) in [7, 11) is 0. The summed E-state index contributed by atoms with van der Waals surface area (Å²) in [5.41, 5.74) is 0.284. The highest BCUT2D eigenvalue weighted by atomic mass is 32.2. The van der Waals surface area contributed by atoms with Crippen molar-refractivity contribution in [3.63, 3.8) is 0 Å². The first-order valence-corrected chi connectivity index (χ1v) is 7.78. The minimum atomic E-state index is 0.284. The molecule has 4 heteroatoms. The number of nitrogens with one attached hydrogen (secondary N) is 1. The molecule has 0 atom stereocenters. The van der Waals surface area contributed by atoms with Gasteiger partial charge in [-0.25, -0.2) is 0 Å². The van der Waals surface area contributed by atoms with Crippen LogP contribution in [0.2, 0.25) is 0 Å². The molecule has 1 saturated heterocycles. The van der Waals surface area contributed by atoms with Gasteiger partial charge in [0.05, 0.1) is 13.2 Å². The topological polar surface area (TPSA) is 33.6 Å². The zero-order chi connectivity index (χ0) is 12.6. The standard InChI is InChI=1S/C13H26N2OS/c1-4-7-9-16-10-8-14-12-15-13(5-2,6-3)11-17-12/h4-11H2,1-3H3,(H,14,15). The second-order valence-corrected chi connectivity index (χ2v) is 5.52. The van der Waals surface area contributed by atoms with Gasteiger partial charge in [-0.05, 0) is 19.3 Å². The molecule has 1 aliphatic heterocycles. The smallest absolute Gasteiger partial charge is 0.157 e. The van der Waals surface area contributed by atoms with E-state index in [1.807, 2.05) is 11.8 Å². The van der Waals surface area contributed by atoms with Crippen molar-refractivity contribution in [2.75, 3.05) is 25.5 Å². The number of unbranched alkanes of at least 4 members (excludes halogenated alkanes) is 1.